The van der Waals surface area contributed by atoms with Crippen LogP contribution in [0.1, 0.15) is 18.9 Å². The molecule has 0 aromatic heterocycles. The smallest absolute Gasteiger partial charge is 0.237 e. The first kappa shape index (κ1) is 15.9. The lowest BCUT2D eigenvalue weighted by Crippen LogP contribution is -2.47. The number of nitrogens with two attached hydrogens (primary N) is 1. The first-order valence-electron chi connectivity index (χ1n) is 7.44. The number of hydrogen-bond donors (Lipinski definition) is 2. The van der Waals surface area contributed by atoms with Crippen molar-refractivity contribution in [2.45, 2.75) is 38.0 Å². The minimum atomic E-state index is -0.537. The van der Waals surface area contributed by atoms with Gasteiger partial charge < -0.3 is 20.5 Å². The standard InChI is InChI=1S/C16H24N2O3/c1-12(10-21-14-7-8-20-11-14)18-16(19)15(17)9-13-5-3-2-4-6-13/h2-6,12,14-15H,7-11,17H2,1H3,(H,18,19)/t12?,14?,15-/m0/s1. The SMILES string of the molecule is CC(COC1CCOC1)NC(=O)[C@@H](N)Cc1ccccc1. The highest BCUT2D eigenvalue weighted by Crippen LogP contribution is 2.08. The van der Waals surface area contributed by atoms with Crippen LogP contribution in [-0.2, 0) is 20.7 Å². The van der Waals surface area contributed by atoms with E-state index in [4.69, 9.17) is 15.2 Å². The van der Waals surface area contributed by atoms with Crippen LogP contribution in [0.15, 0.2) is 30.3 Å². The Morgan fingerprint density at radius 2 is 2.24 bits per heavy atom. The third-order valence-electron chi connectivity index (χ3n) is 3.49. The van der Waals surface area contributed by atoms with Crippen molar-refractivity contribution >= 4 is 5.91 Å². The largest absolute Gasteiger partial charge is 0.379 e. The topological polar surface area (TPSA) is 73.6 Å². The summed E-state index contributed by atoms with van der Waals surface area (Å²) in [5, 5.41) is 2.89. The first-order chi connectivity index (χ1) is 10.1. The molecule has 1 aromatic rings. The Bertz CT molecular complexity index is 432. The number of ether oxygens (including phenoxy) is 2. The van der Waals surface area contributed by atoms with E-state index in [9.17, 15) is 4.79 Å². The van der Waals surface area contributed by atoms with Crippen LogP contribution in [0.4, 0.5) is 0 Å². The summed E-state index contributed by atoms with van der Waals surface area (Å²) in [6, 6.07) is 9.19. The predicted molar refractivity (Wildman–Crippen MR) is 80.9 cm³/mol. The number of hydrogen-bond acceptors (Lipinski definition) is 4. The van der Waals surface area contributed by atoms with Crippen molar-refractivity contribution in [2.75, 3.05) is 19.8 Å². The highest BCUT2D eigenvalue weighted by Gasteiger charge is 2.19. The zero-order chi connectivity index (χ0) is 15.1. The number of carbonyl (C=O) groups excluding carboxylic acids is 1. The second-order valence-corrected chi connectivity index (χ2v) is 5.52. The highest BCUT2D eigenvalue weighted by molar-refractivity contribution is 5.82. The Kier molecular flexibility index (Phi) is 6.17. The molecular weight excluding hydrogens is 268 g/mol. The van der Waals surface area contributed by atoms with E-state index in [0.29, 0.717) is 19.6 Å². The van der Waals surface area contributed by atoms with Gasteiger partial charge in [0.2, 0.25) is 5.91 Å². The summed E-state index contributed by atoms with van der Waals surface area (Å²) in [6.45, 7) is 3.81. The lowest BCUT2D eigenvalue weighted by Gasteiger charge is -2.19. The second kappa shape index (κ2) is 8.12. The average Bonchev–Trinajstić information content (AvgIpc) is 2.99. The molecule has 1 aliphatic rings. The third-order valence-corrected chi connectivity index (χ3v) is 3.49. The Balaban J connectivity index is 1.69. The van der Waals surface area contributed by atoms with Gasteiger partial charge in [-0.25, -0.2) is 0 Å². The summed E-state index contributed by atoms with van der Waals surface area (Å²) in [7, 11) is 0. The van der Waals surface area contributed by atoms with E-state index >= 15 is 0 Å². The van der Waals surface area contributed by atoms with Gasteiger partial charge in [0.1, 0.15) is 0 Å². The van der Waals surface area contributed by atoms with Crippen LogP contribution < -0.4 is 11.1 Å². The van der Waals surface area contributed by atoms with Crippen molar-refractivity contribution < 1.29 is 14.3 Å². The Morgan fingerprint density at radius 3 is 2.90 bits per heavy atom. The van der Waals surface area contributed by atoms with Crippen LogP contribution in [0, 0.1) is 0 Å². The lowest BCUT2D eigenvalue weighted by atomic mass is 10.1. The normalized spacial score (nSPS) is 21.0. The molecule has 1 saturated heterocycles. The van der Waals surface area contributed by atoms with Gasteiger partial charge in [-0.3, -0.25) is 4.79 Å². The Labute approximate surface area is 125 Å². The van der Waals surface area contributed by atoms with Crippen molar-refractivity contribution in [3.63, 3.8) is 0 Å². The molecule has 0 saturated carbocycles. The summed E-state index contributed by atoms with van der Waals surface area (Å²) in [6.07, 6.45) is 1.62. The summed E-state index contributed by atoms with van der Waals surface area (Å²) in [5.74, 6) is -0.141. The first-order valence-corrected chi connectivity index (χ1v) is 7.44. The summed E-state index contributed by atoms with van der Waals surface area (Å²) >= 11 is 0. The molecular formula is C16H24N2O3. The molecule has 116 valence electrons. The molecule has 1 amide bonds. The zero-order valence-electron chi connectivity index (χ0n) is 12.5. The van der Waals surface area contributed by atoms with Gasteiger partial charge >= 0.3 is 0 Å². The molecule has 0 radical (unpaired) electrons. The van der Waals surface area contributed by atoms with Crippen LogP contribution in [-0.4, -0.2) is 43.9 Å². The van der Waals surface area contributed by atoms with E-state index in [1.54, 1.807) is 0 Å². The average molecular weight is 292 g/mol. The van der Waals surface area contributed by atoms with Gasteiger partial charge in [-0.15, -0.1) is 0 Å². The van der Waals surface area contributed by atoms with E-state index in [0.717, 1.165) is 18.6 Å². The number of nitrogens with one attached hydrogen (secondary N) is 1. The van der Waals surface area contributed by atoms with Crippen molar-refractivity contribution in [1.29, 1.82) is 0 Å². The van der Waals surface area contributed by atoms with Gasteiger partial charge in [0.15, 0.2) is 0 Å². The van der Waals surface area contributed by atoms with Crippen LogP contribution in [0.3, 0.4) is 0 Å². The molecule has 3 N–H and O–H groups in total. The van der Waals surface area contributed by atoms with Crippen molar-refractivity contribution in [1.82, 2.24) is 5.32 Å². The number of benzene rings is 1. The summed E-state index contributed by atoms with van der Waals surface area (Å²) in [4.78, 5) is 12.0. The monoisotopic (exact) mass is 292 g/mol. The number of amides is 1. The summed E-state index contributed by atoms with van der Waals surface area (Å²) in [5.41, 5.74) is 7.01. The minimum absolute atomic E-state index is 0.0556. The molecule has 0 aliphatic carbocycles. The van der Waals surface area contributed by atoms with E-state index in [2.05, 4.69) is 5.32 Å². The van der Waals surface area contributed by atoms with Crippen LogP contribution >= 0.6 is 0 Å². The predicted octanol–water partition coefficient (Wildman–Crippen LogP) is 0.867. The highest BCUT2D eigenvalue weighted by atomic mass is 16.5. The zero-order valence-corrected chi connectivity index (χ0v) is 12.5. The third kappa shape index (κ3) is 5.46. The van der Waals surface area contributed by atoms with E-state index in [1.165, 1.54) is 0 Å². The molecule has 21 heavy (non-hydrogen) atoms. The molecule has 1 heterocycles. The molecule has 5 nitrogen and oxygen atoms in total. The molecule has 5 heteroatoms. The maximum absolute atomic E-state index is 12.0. The van der Waals surface area contributed by atoms with Gasteiger partial charge in [-0.1, -0.05) is 30.3 Å². The fraction of sp³-hybridized carbons (Fsp3) is 0.562. The Morgan fingerprint density at radius 1 is 1.48 bits per heavy atom. The molecule has 1 aliphatic heterocycles. The van der Waals surface area contributed by atoms with Gasteiger partial charge in [0.25, 0.3) is 0 Å². The van der Waals surface area contributed by atoms with E-state index in [1.807, 2.05) is 37.3 Å². The molecule has 0 spiro atoms. The molecule has 3 atom stereocenters. The van der Waals surface area contributed by atoms with Gasteiger partial charge in [0.05, 0.1) is 25.4 Å². The van der Waals surface area contributed by atoms with Crippen molar-refractivity contribution in [2.24, 2.45) is 5.73 Å². The van der Waals surface area contributed by atoms with Gasteiger partial charge in [-0.2, -0.15) is 0 Å². The van der Waals surface area contributed by atoms with Gasteiger partial charge in [0, 0.05) is 12.6 Å². The maximum atomic E-state index is 12.0. The van der Waals surface area contributed by atoms with Gasteiger partial charge in [-0.05, 0) is 25.3 Å². The van der Waals surface area contributed by atoms with E-state index in [-0.39, 0.29) is 18.1 Å². The molecule has 2 rings (SSSR count). The van der Waals surface area contributed by atoms with Crippen LogP contribution in [0.25, 0.3) is 0 Å². The maximum Gasteiger partial charge on any atom is 0.237 e. The minimum Gasteiger partial charge on any atom is -0.379 e. The lowest BCUT2D eigenvalue weighted by molar-refractivity contribution is -0.123. The molecule has 2 unspecified atom stereocenters. The molecule has 1 aromatic carbocycles. The quantitative estimate of drug-likeness (QED) is 0.782. The van der Waals surface area contributed by atoms with E-state index < -0.39 is 6.04 Å². The van der Waals surface area contributed by atoms with Crippen molar-refractivity contribution in [3.05, 3.63) is 35.9 Å². The number of rotatable bonds is 7. The molecule has 0 bridgehead atoms. The fourth-order valence-electron chi connectivity index (χ4n) is 2.28. The number of carbonyl (C=O) groups is 1. The second-order valence-electron chi connectivity index (χ2n) is 5.52. The summed E-state index contributed by atoms with van der Waals surface area (Å²) < 4.78 is 10.9. The fourth-order valence-corrected chi connectivity index (χ4v) is 2.28. The Hall–Kier alpha value is -1.43. The van der Waals surface area contributed by atoms with Crippen LogP contribution in [0.5, 0.6) is 0 Å². The van der Waals surface area contributed by atoms with Crippen LogP contribution in [0.2, 0.25) is 0 Å². The van der Waals surface area contributed by atoms with Crippen molar-refractivity contribution in [3.8, 4) is 0 Å². The molecule has 1 fully saturated rings.